The Morgan fingerprint density at radius 1 is 0.857 bits per heavy atom. The normalized spacial score (nSPS) is 15.6. The minimum atomic E-state index is 0.708. The summed E-state index contributed by atoms with van der Waals surface area (Å²) in [7, 11) is 1.67. The highest BCUT2D eigenvalue weighted by Gasteiger charge is 2.17. The predicted molar refractivity (Wildman–Crippen MR) is 112 cm³/mol. The van der Waals surface area contributed by atoms with Gasteiger partial charge in [0, 0.05) is 50.9 Å². The molecule has 1 aromatic heterocycles. The fourth-order valence-corrected chi connectivity index (χ4v) is 3.67. The van der Waals surface area contributed by atoms with E-state index in [0.717, 1.165) is 56.3 Å². The Bertz CT molecular complexity index is 884. The van der Waals surface area contributed by atoms with Crippen LogP contribution in [0.3, 0.4) is 0 Å². The number of para-hydroxylation sites is 1. The van der Waals surface area contributed by atoms with E-state index in [9.17, 15) is 0 Å². The van der Waals surface area contributed by atoms with Crippen LogP contribution in [0.5, 0.6) is 11.5 Å². The van der Waals surface area contributed by atoms with Gasteiger partial charge < -0.3 is 9.47 Å². The third-order valence-corrected chi connectivity index (χ3v) is 5.31. The van der Waals surface area contributed by atoms with Gasteiger partial charge in [-0.25, -0.2) is 0 Å². The summed E-state index contributed by atoms with van der Waals surface area (Å²) < 4.78 is 11.0. The minimum absolute atomic E-state index is 0.708. The van der Waals surface area contributed by atoms with Crippen LogP contribution in [0.15, 0.2) is 60.8 Å². The highest BCUT2D eigenvalue weighted by atomic mass is 16.5. The molecule has 5 heteroatoms. The van der Waals surface area contributed by atoms with Gasteiger partial charge in [-0.05, 0) is 35.9 Å². The van der Waals surface area contributed by atoms with Gasteiger partial charge in [-0.2, -0.15) is 0 Å². The molecule has 2 aromatic carbocycles. The van der Waals surface area contributed by atoms with Crippen molar-refractivity contribution in [2.75, 3.05) is 46.4 Å². The van der Waals surface area contributed by atoms with Crippen LogP contribution in [0.1, 0.15) is 5.56 Å². The molecular weight excluding hydrogens is 350 g/mol. The molecule has 5 nitrogen and oxygen atoms in total. The molecule has 0 bridgehead atoms. The second kappa shape index (κ2) is 9.04. The van der Waals surface area contributed by atoms with Gasteiger partial charge in [0.15, 0.2) is 0 Å². The molecule has 3 aromatic rings. The number of pyridine rings is 1. The van der Waals surface area contributed by atoms with Crippen molar-refractivity contribution in [3.63, 3.8) is 0 Å². The fraction of sp³-hybridized carbons (Fsp3) is 0.348. The van der Waals surface area contributed by atoms with Crippen molar-refractivity contribution >= 4 is 10.9 Å². The van der Waals surface area contributed by atoms with E-state index in [-0.39, 0.29) is 0 Å². The van der Waals surface area contributed by atoms with E-state index in [0.29, 0.717) is 6.61 Å². The summed E-state index contributed by atoms with van der Waals surface area (Å²) in [6.07, 6.45) is 1.88. The van der Waals surface area contributed by atoms with Crippen LogP contribution in [0.2, 0.25) is 0 Å². The lowest BCUT2D eigenvalue weighted by Gasteiger charge is -2.34. The summed E-state index contributed by atoms with van der Waals surface area (Å²) in [6, 6.07) is 18.4. The molecule has 0 saturated carbocycles. The summed E-state index contributed by atoms with van der Waals surface area (Å²) in [5.41, 5.74) is 2.44. The molecule has 1 saturated heterocycles. The highest BCUT2D eigenvalue weighted by molar-refractivity contribution is 5.81. The van der Waals surface area contributed by atoms with Gasteiger partial charge in [-0.15, -0.1) is 0 Å². The van der Waals surface area contributed by atoms with Gasteiger partial charge in [0.1, 0.15) is 18.1 Å². The largest absolute Gasteiger partial charge is 0.497 e. The quantitative estimate of drug-likeness (QED) is 0.631. The number of benzene rings is 2. The summed E-state index contributed by atoms with van der Waals surface area (Å²) in [6.45, 7) is 6.92. The molecule has 0 spiro atoms. The first kappa shape index (κ1) is 18.7. The Kier molecular flexibility index (Phi) is 6.04. The summed E-state index contributed by atoms with van der Waals surface area (Å²) >= 11 is 0. The van der Waals surface area contributed by atoms with Crippen LogP contribution in [0.4, 0.5) is 0 Å². The first-order valence-corrected chi connectivity index (χ1v) is 9.86. The van der Waals surface area contributed by atoms with Crippen molar-refractivity contribution in [2.24, 2.45) is 0 Å². The zero-order valence-corrected chi connectivity index (χ0v) is 16.4. The van der Waals surface area contributed by atoms with Crippen molar-refractivity contribution in [2.45, 2.75) is 6.54 Å². The Morgan fingerprint density at radius 2 is 1.57 bits per heavy atom. The molecule has 1 aliphatic rings. The van der Waals surface area contributed by atoms with E-state index in [1.54, 1.807) is 7.11 Å². The number of aromatic nitrogens is 1. The van der Waals surface area contributed by atoms with Crippen LogP contribution in [0, 0.1) is 0 Å². The number of rotatable bonds is 7. The zero-order chi connectivity index (χ0) is 19.2. The number of fused-ring (bicyclic) bond motifs is 1. The van der Waals surface area contributed by atoms with E-state index in [1.165, 1.54) is 10.9 Å². The third-order valence-electron chi connectivity index (χ3n) is 5.31. The lowest BCUT2D eigenvalue weighted by atomic mass is 10.1. The molecule has 2 heterocycles. The van der Waals surface area contributed by atoms with Crippen LogP contribution in [-0.2, 0) is 6.54 Å². The first-order chi connectivity index (χ1) is 13.8. The molecule has 0 unspecified atom stereocenters. The Labute approximate surface area is 166 Å². The van der Waals surface area contributed by atoms with E-state index in [1.807, 2.05) is 36.5 Å². The third kappa shape index (κ3) is 4.61. The number of ether oxygens (including phenoxy) is 2. The molecule has 1 aliphatic heterocycles. The van der Waals surface area contributed by atoms with E-state index >= 15 is 0 Å². The maximum Gasteiger partial charge on any atom is 0.119 e. The lowest BCUT2D eigenvalue weighted by molar-refractivity contribution is 0.113. The van der Waals surface area contributed by atoms with Crippen molar-refractivity contribution in [3.8, 4) is 11.5 Å². The van der Waals surface area contributed by atoms with Crippen molar-refractivity contribution < 1.29 is 9.47 Å². The maximum absolute atomic E-state index is 5.86. The van der Waals surface area contributed by atoms with E-state index < -0.39 is 0 Å². The molecule has 0 radical (unpaired) electrons. The highest BCUT2D eigenvalue weighted by Crippen LogP contribution is 2.19. The summed E-state index contributed by atoms with van der Waals surface area (Å²) in [5, 5.41) is 1.22. The number of hydrogen-bond acceptors (Lipinski definition) is 5. The molecule has 4 rings (SSSR count). The molecule has 0 amide bonds. The van der Waals surface area contributed by atoms with Crippen molar-refractivity contribution in [3.05, 3.63) is 66.4 Å². The standard InChI is InChI=1S/C23H27N3O2/c1-27-21-7-9-22(10-8-21)28-17-16-25-12-14-26(15-13-25)18-20-5-2-4-19-6-3-11-24-23(19)20/h2-11H,12-18H2,1H3. The maximum atomic E-state index is 5.86. The predicted octanol–water partition coefficient (Wildman–Crippen LogP) is 3.44. The molecule has 0 aliphatic carbocycles. The Hall–Kier alpha value is -2.63. The van der Waals surface area contributed by atoms with Gasteiger partial charge in [-0.1, -0.05) is 24.3 Å². The summed E-state index contributed by atoms with van der Waals surface area (Å²) in [4.78, 5) is 9.57. The van der Waals surface area contributed by atoms with Crippen molar-refractivity contribution in [1.82, 2.24) is 14.8 Å². The number of hydrogen-bond donors (Lipinski definition) is 0. The minimum Gasteiger partial charge on any atom is -0.497 e. The van der Waals surface area contributed by atoms with Crippen LogP contribution >= 0.6 is 0 Å². The SMILES string of the molecule is COc1ccc(OCCN2CCN(Cc3cccc4cccnc34)CC2)cc1. The van der Waals surface area contributed by atoms with Gasteiger partial charge in [0.25, 0.3) is 0 Å². The number of piperazine rings is 1. The van der Waals surface area contributed by atoms with Crippen LogP contribution < -0.4 is 9.47 Å². The van der Waals surface area contributed by atoms with E-state index in [4.69, 9.17) is 9.47 Å². The van der Waals surface area contributed by atoms with Gasteiger partial charge >= 0.3 is 0 Å². The van der Waals surface area contributed by atoms with Gasteiger partial charge in [0.2, 0.25) is 0 Å². The van der Waals surface area contributed by atoms with Crippen LogP contribution in [0.25, 0.3) is 10.9 Å². The lowest BCUT2D eigenvalue weighted by Crippen LogP contribution is -2.47. The smallest absolute Gasteiger partial charge is 0.119 e. The summed E-state index contributed by atoms with van der Waals surface area (Å²) in [5.74, 6) is 1.74. The van der Waals surface area contributed by atoms with Crippen molar-refractivity contribution in [1.29, 1.82) is 0 Å². The Balaban J connectivity index is 1.23. The molecule has 146 valence electrons. The molecule has 0 N–H and O–H groups in total. The Morgan fingerprint density at radius 3 is 2.36 bits per heavy atom. The average molecular weight is 377 g/mol. The molecular formula is C23H27N3O2. The second-order valence-corrected chi connectivity index (χ2v) is 7.13. The van der Waals surface area contributed by atoms with Gasteiger partial charge in [-0.3, -0.25) is 14.8 Å². The van der Waals surface area contributed by atoms with Gasteiger partial charge in [0.05, 0.1) is 12.6 Å². The number of nitrogens with zero attached hydrogens (tertiary/aromatic N) is 3. The molecule has 0 atom stereocenters. The second-order valence-electron chi connectivity index (χ2n) is 7.13. The molecule has 1 fully saturated rings. The average Bonchev–Trinajstić information content (AvgIpc) is 2.76. The first-order valence-electron chi connectivity index (χ1n) is 9.86. The van der Waals surface area contributed by atoms with E-state index in [2.05, 4.69) is 39.0 Å². The van der Waals surface area contributed by atoms with Crippen LogP contribution in [-0.4, -0.2) is 61.2 Å². The fourth-order valence-electron chi connectivity index (χ4n) is 3.67. The monoisotopic (exact) mass is 377 g/mol. The zero-order valence-electron chi connectivity index (χ0n) is 16.4. The number of methoxy groups -OCH3 is 1. The molecule has 28 heavy (non-hydrogen) atoms. The topological polar surface area (TPSA) is 37.8 Å².